The lowest BCUT2D eigenvalue weighted by Gasteiger charge is -2.32. The standard InChI is InChI=1S/C14H30N2O2/c1-3-15-12-14-6-4-7-16(13-14)8-11-18-10-5-9-17-2/h14-15H,3-13H2,1-2H3. The van der Waals surface area contributed by atoms with Crippen molar-refractivity contribution >= 4 is 0 Å². The monoisotopic (exact) mass is 258 g/mol. The predicted octanol–water partition coefficient (Wildman–Crippen LogP) is 1.36. The summed E-state index contributed by atoms with van der Waals surface area (Å²) in [7, 11) is 1.73. The van der Waals surface area contributed by atoms with Crippen LogP contribution in [0.2, 0.25) is 0 Å². The molecule has 1 aliphatic rings. The third-order valence-electron chi connectivity index (χ3n) is 3.48. The molecule has 1 N–H and O–H groups in total. The maximum atomic E-state index is 5.62. The van der Waals surface area contributed by atoms with Gasteiger partial charge in [0.1, 0.15) is 0 Å². The third kappa shape index (κ3) is 7.31. The Bertz CT molecular complexity index is 191. The van der Waals surface area contributed by atoms with E-state index in [1.54, 1.807) is 7.11 Å². The van der Waals surface area contributed by atoms with Crippen molar-refractivity contribution in [3.63, 3.8) is 0 Å². The quantitative estimate of drug-likeness (QED) is 0.600. The number of piperidine rings is 1. The number of nitrogens with zero attached hydrogens (tertiary/aromatic N) is 1. The van der Waals surface area contributed by atoms with E-state index in [1.807, 2.05) is 0 Å². The molecule has 1 rings (SSSR count). The molecule has 108 valence electrons. The summed E-state index contributed by atoms with van der Waals surface area (Å²) in [6.07, 6.45) is 3.71. The summed E-state index contributed by atoms with van der Waals surface area (Å²) in [4.78, 5) is 2.54. The Balaban J connectivity index is 2.00. The number of likely N-dealkylation sites (tertiary alicyclic amines) is 1. The maximum Gasteiger partial charge on any atom is 0.0593 e. The average molecular weight is 258 g/mol. The van der Waals surface area contributed by atoms with Gasteiger partial charge in [-0.2, -0.15) is 0 Å². The molecule has 1 aliphatic heterocycles. The Morgan fingerprint density at radius 1 is 1.28 bits per heavy atom. The fourth-order valence-electron chi connectivity index (χ4n) is 2.47. The zero-order valence-electron chi connectivity index (χ0n) is 12.1. The van der Waals surface area contributed by atoms with Gasteiger partial charge in [0.15, 0.2) is 0 Å². The first kappa shape index (κ1) is 15.9. The van der Waals surface area contributed by atoms with Crippen LogP contribution in [0.25, 0.3) is 0 Å². The average Bonchev–Trinajstić information content (AvgIpc) is 2.41. The molecular weight excluding hydrogens is 228 g/mol. The summed E-state index contributed by atoms with van der Waals surface area (Å²) in [5.41, 5.74) is 0. The number of hydrogen-bond acceptors (Lipinski definition) is 4. The zero-order valence-corrected chi connectivity index (χ0v) is 12.1. The van der Waals surface area contributed by atoms with Gasteiger partial charge in [0.2, 0.25) is 0 Å². The van der Waals surface area contributed by atoms with E-state index in [4.69, 9.17) is 9.47 Å². The summed E-state index contributed by atoms with van der Waals surface area (Å²) in [6, 6.07) is 0. The lowest BCUT2D eigenvalue weighted by molar-refractivity contribution is 0.0712. The minimum absolute atomic E-state index is 0.800. The zero-order chi connectivity index (χ0) is 13.1. The van der Waals surface area contributed by atoms with Gasteiger partial charge in [-0.05, 0) is 44.8 Å². The van der Waals surface area contributed by atoms with E-state index in [2.05, 4.69) is 17.1 Å². The minimum Gasteiger partial charge on any atom is -0.385 e. The molecule has 0 spiro atoms. The second kappa shape index (κ2) is 10.7. The van der Waals surface area contributed by atoms with Crippen molar-refractivity contribution in [2.24, 2.45) is 5.92 Å². The molecule has 0 amide bonds. The molecule has 4 heteroatoms. The predicted molar refractivity (Wildman–Crippen MR) is 75.0 cm³/mol. The summed E-state index contributed by atoms with van der Waals surface area (Å²) < 4.78 is 10.6. The Morgan fingerprint density at radius 2 is 2.17 bits per heavy atom. The highest BCUT2D eigenvalue weighted by Gasteiger charge is 2.18. The molecular formula is C14H30N2O2. The van der Waals surface area contributed by atoms with Crippen LogP contribution in [-0.4, -0.2) is 64.6 Å². The molecule has 4 nitrogen and oxygen atoms in total. The first-order valence-corrected chi connectivity index (χ1v) is 7.36. The number of methoxy groups -OCH3 is 1. The van der Waals surface area contributed by atoms with E-state index in [-0.39, 0.29) is 0 Å². The Labute approximate surface area is 112 Å². The molecule has 0 saturated carbocycles. The van der Waals surface area contributed by atoms with Crippen LogP contribution in [0.4, 0.5) is 0 Å². The molecule has 18 heavy (non-hydrogen) atoms. The van der Waals surface area contributed by atoms with Gasteiger partial charge in [-0.3, -0.25) is 0 Å². The third-order valence-corrected chi connectivity index (χ3v) is 3.48. The Hall–Kier alpha value is -0.160. The number of nitrogens with one attached hydrogen (secondary N) is 1. The Kier molecular flexibility index (Phi) is 9.48. The molecule has 1 fully saturated rings. The van der Waals surface area contributed by atoms with E-state index >= 15 is 0 Å². The van der Waals surface area contributed by atoms with Crippen LogP contribution >= 0.6 is 0 Å². The molecule has 0 aromatic carbocycles. The normalized spacial score (nSPS) is 21.3. The van der Waals surface area contributed by atoms with Gasteiger partial charge in [-0.1, -0.05) is 6.92 Å². The van der Waals surface area contributed by atoms with E-state index in [9.17, 15) is 0 Å². The lowest BCUT2D eigenvalue weighted by Crippen LogP contribution is -2.41. The summed E-state index contributed by atoms with van der Waals surface area (Å²) >= 11 is 0. The molecule has 0 radical (unpaired) electrons. The molecule has 0 aromatic rings. The van der Waals surface area contributed by atoms with Crippen LogP contribution in [0.1, 0.15) is 26.2 Å². The molecule has 0 aliphatic carbocycles. The van der Waals surface area contributed by atoms with Crippen molar-refractivity contribution in [2.75, 3.05) is 59.7 Å². The SMILES string of the molecule is CCNCC1CCCN(CCOCCCOC)C1. The number of rotatable bonds is 10. The van der Waals surface area contributed by atoms with E-state index < -0.39 is 0 Å². The first-order chi connectivity index (χ1) is 8.86. The van der Waals surface area contributed by atoms with Gasteiger partial charge in [-0.15, -0.1) is 0 Å². The lowest BCUT2D eigenvalue weighted by atomic mass is 9.98. The number of hydrogen-bond donors (Lipinski definition) is 1. The van der Waals surface area contributed by atoms with E-state index in [0.717, 1.165) is 45.2 Å². The highest BCUT2D eigenvalue weighted by Crippen LogP contribution is 2.15. The van der Waals surface area contributed by atoms with Gasteiger partial charge < -0.3 is 19.7 Å². The Morgan fingerprint density at radius 3 is 2.94 bits per heavy atom. The smallest absolute Gasteiger partial charge is 0.0593 e. The molecule has 1 heterocycles. The topological polar surface area (TPSA) is 33.7 Å². The van der Waals surface area contributed by atoms with Crippen molar-refractivity contribution in [1.29, 1.82) is 0 Å². The van der Waals surface area contributed by atoms with Crippen LogP contribution < -0.4 is 5.32 Å². The molecule has 1 unspecified atom stereocenters. The van der Waals surface area contributed by atoms with Crippen molar-refractivity contribution in [1.82, 2.24) is 10.2 Å². The summed E-state index contributed by atoms with van der Waals surface area (Å²) in [5, 5.41) is 3.46. The number of ether oxygens (including phenoxy) is 2. The maximum absolute atomic E-state index is 5.62. The molecule has 1 saturated heterocycles. The van der Waals surface area contributed by atoms with Crippen molar-refractivity contribution in [3.8, 4) is 0 Å². The van der Waals surface area contributed by atoms with Crippen molar-refractivity contribution in [3.05, 3.63) is 0 Å². The highest BCUT2D eigenvalue weighted by atomic mass is 16.5. The van der Waals surface area contributed by atoms with Crippen LogP contribution in [0.15, 0.2) is 0 Å². The summed E-state index contributed by atoms with van der Waals surface area (Å²) in [5.74, 6) is 0.826. The van der Waals surface area contributed by atoms with Gasteiger partial charge in [0, 0.05) is 33.4 Å². The van der Waals surface area contributed by atoms with Crippen LogP contribution in [-0.2, 0) is 9.47 Å². The summed E-state index contributed by atoms with van der Waals surface area (Å²) in [6.45, 7) is 10.5. The molecule has 0 aromatic heterocycles. The largest absolute Gasteiger partial charge is 0.385 e. The van der Waals surface area contributed by atoms with E-state index in [1.165, 1.54) is 32.5 Å². The van der Waals surface area contributed by atoms with Crippen LogP contribution in [0, 0.1) is 5.92 Å². The second-order valence-electron chi connectivity index (χ2n) is 5.08. The van der Waals surface area contributed by atoms with Crippen molar-refractivity contribution in [2.45, 2.75) is 26.2 Å². The van der Waals surface area contributed by atoms with Gasteiger partial charge in [0.25, 0.3) is 0 Å². The fraction of sp³-hybridized carbons (Fsp3) is 1.00. The van der Waals surface area contributed by atoms with Crippen molar-refractivity contribution < 1.29 is 9.47 Å². The molecule has 0 bridgehead atoms. The van der Waals surface area contributed by atoms with Crippen LogP contribution in [0.3, 0.4) is 0 Å². The van der Waals surface area contributed by atoms with Crippen LogP contribution in [0.5, 0.6) is 0 Å². The molecule has 1 atom stereocenters. The first-order valence-electron chi connectivity index (χ1n) is 7.36. The van der Waals surface area contributed by atoms with Gasteiger partial charge in [0.05, 0.1) is 6.61 Å². The minimum atomic E-state index is 0.800. The van der Waals surface area contributed by atoms with E-state index in [0.29, 0.717) is 0 Å². The fourth-order valence-corrected chi connectivity index (χ4v) is 2.47. The van der Waals surface area contributed by atoms with Gasteiger partial charge >= 0.3 is 0 Å². The second-order valence-corrected chi connectivity index (χ2v) is 5.08. The van der Waals surface area contributed by atoms with Gasteiger partial charge in [-0.25, -0.2) is 0 Å². The highest BCUT2D eigenvalue weighted by molar-refractivity contribution is 4.74.